The van der Waals surface area contributed by atoms with Crippen molar-refractivity contribution in [2.24, 2.45) is 5.14 Å². The number of benzene rings is 1. The van der Waals surface area contributed by atoms with Crippen molar-refractivity contribution in [1.82, 2.24) is 19.5 Å². The minimum absolute atomic E-state index is 0.163. The van der Waals surface area contributed by atoms with Gasteiger partial charge in [0.2, 0.25) is 0 Å². The van der Waals surface area contributed by atoms with Gasteiger partial charge in [0.25, 0.3) is 0 Å². The Morgan fingerprint density at radius 2 is 1.93 bits per heavy atom. The average Bonchev–Trinajstić information content (AvgIpc) is 3.30. The molecule has 1 aromatic carbocycles. The number of nitrogens with zero attached hydrogens (tertiary/aromatic N) is 4. The maximum absolute atomic E-state index is 13.3. The summed E-state index contributed by atoms with van der Waals surface area (Å²) < 4.78 is 60.6. The summed E-state index contributed by atoms with van der Waals surface area (Å²) in [5.41, 5.74) is 1.30. The summed E-state index contributed by atoms with van der Waals surface area (Å²) in [6, 6.07) is 2.99. The molecular weight excluding hydrogens is 420 g/mol. The highest BCUT2D eigenvalue weighted by Crippen LogP contribution is 2.30. The summed E-state index contributed by atoms with van der Waals surface area (Å²) >= 11 is 0. The van der Waals surface area contributed by atoms with E-state index in [0.29, 0.717) is 24.0 Å². The molecule has 0 unspecified atom stereocenters. The van der Waals surface area contributed by atoms with Gasteiger partial charge in [-0.1, -0.05) is 5.92 Å². The van der Waals surface area contributed by atoms with Crippen LogP contribution in [0.25, 0.3) is 11.2 Å². The van der Waals surface area contributed by atoms with Gasteiger partial charge in [0.15, 0.2) is 5.65 Å². The van der Waals surface area contributed by atoms with E-state index in [1.807, 2.05) is 0 Å². The molecule has 0 radical (unpaired) electrons. The van der Waals surface area contributed by atoms with Gasteiger partial charge in [-0.25, -0.2) is 28.9 Å². The molecule has 156 valence electrons. The average molecular weight is 435 g/mol. The fourth-order valence-electron chi connectivity index (χ4n) is 3.10. The highest BCUT2D eigenvalue weighted by atomic mass is 32.2. The topological polar surface area (TPSA) is 122 Å². The van der Waals surface area contributed by atoms with Gasteiger partial charge in [-0.3, -0.25) is 8.75 Å². The molecule has 9 nitrogen and oxygen atoms in total. The first-order chi connectivity index (χ1) is 14.3. The van der Waals surface area contributed by atoms with Crippen molar-refractivity contribution in [3.8, 4) is 11.8 Å². The third kappa shape index (κ3) is 4.60. The first-order valence-corrected chi connectivity index (χ1v) is 10.2. The molecule has 12 heteroatoms. The van der Waals surface area contributed by atoms with E-state index in [1.165, 1.54) is 12.7 Å². The van der Waals surface area contributed by atoms with E-state index < -0.39 is 34.3 Å². The normalized spacial score (nSPS) is 19.0. The lowest BCUT2D eigenvalue weighted by Crippen LogP contribution is -2.23. The van der Waals surface area contributed by atoms with Gasteiger partial charge in [-0.15, -0.1) is 0 Å². The molecule has 0 saturated carbocycles. The molecule has 0 bridgehead atoms. The Morgan fingerprint density at radius 1 is 1.17 bits per heavy atom. The number of rotatable bonds is 4. The summed E-state index contributed by atoms with van der Waals surface area (Å²) in [7, 11) is -4.04. The fourth-order valence-corrected chi connectivity index (χ4v) is 3.44. The van der Waals surface area contributed by atoms with Crippen molar-refractivity contribution in [3.63, 3.8) is 0 Å². The molecule has 0 aliphatic carbocycles. The number of hydrogen-bond donors (Lipinski definition) is 1. The van der Waals surface area contributed by atoms with E-state index in [1.54, 1.807) is 4.57 Å². The van der Waals surface area contributed by atoms with Crippen LogP contribution in [0.4, 0.5) is 8.78 Å². The first-order valence-electron chi connectivity index (χ1n) is 8.77. The van der Waals surface area contributed by atoms with Crippen molar-refractivity contribution >= 4 is 21.5 Å². The number of fused-ring (bicyclic) bond motifs is 1. The van der Waals surface area contributed by atoms with E-state index in [-0.39, 0.29) is 17.9 Å². The summed E-state index contributed by atoms with van der Waals surface area (Å²) in [5.74, 6) is 3.97. The SMILES string of the molecule is NS(=O)(=O)OC[C@@H]1CC[C@H](n2cnc3c(C#Cc4cc(F)cc(F)c4)ncnc32)O1. The molecule has 2 aromatic heterocycles. The highest BCUT2D eigenvalue weighted by molar-refractivity contribution is 7.84. The Morgan fingerprint density at radius 3 is 2.67 bits per heavy atom. The Labute approximate surface area is 170 Å². The second kappa shape index (κ2) is 8.04. The minimum atomic E-state index is -4.04. The molecule has 30 heavy (non-hydrogen) atoms. The number of hydrogen-bond acceptors (Lipinski definition) is 7. The lowest BCUT2D eigenvalue weighted by Gasteiger charge is -2.14. The van der Waals surface area contributed by atoms with Gasteiger partial charge in [-0.05, 0) is 30.9 Å². The molecule has 2 N–H and O–H groups in total. The van der Waals surface area contributed by atoms with Gasteiger partial charge in [0.05, 0.1) is 19.0 Å². The predicted molar refractivity (Wildman–Crippen MR) is 99.9 cm³/mol. The zero-order valence-electron chi connectivity index (χ0n) is 15.3. The van der Waals surface area contributed by atoms with Gasteiger partial charge in [0, 0.05) is 11.6 Å². The van der Waals surface area contributed by atoms with Crippen LogP contribution in [0, 0.1) is 23.5 Å². The quantitative estimate of drug-likeness (QED) is 0.615. The molecule has 3 aromatic rings. The van der Waals surface area contributed by atoms with Crippen LogP contribution in [0.2, 0.25) is 0 Å². The fraction of sp³-hybridized carbons (Fsp3) is 0.278. The highest BCUT2D eigenvalue weighted by Gasteiger charge is 2.29. The molecule has 2 atom stereocenters. The summed E-state index contributed by atoms with van der Waals surface area (Å²) in [6.07, 6.45) is 3.07. The van der Waals surface area contributed by atoms with Crippen LogP contribution in [-0.4, -0.2) is 40.6 Å². The lowest BCUT2D eigenvalue weighted by atomic mass is 10.2. The summed E-state index contributed by atoms with van der Waals surface area (Å²) in [4.78, 5) is 12.6. The van der Waals surface area contributed by atoms with E-state index in [2.05, 4.69) is 31.0 Å². The van der Waals surface area contributed by atoms with Crippen molar-refractivity contribution in [3.05, 3.63) is 53.7 Å². The smallest absolute Gasteiger partial charge is 0.333 e. The van der Waals surface area contributed by atoms with Crippen molar-refractivity contribution in [2.75, 3.05) is 6.61 Å². The van der Waals surface area contributed by atoms with Crippen LogP contribution in [0.5, 0.6) is 0 Å². The van der Waals surface area contributed by atoms with Gasteiger partial charge in [0.1, 0.15) is 35.4 Å². The van der Waals surface area contributed by atoms with Crippen LogP contribution in [-0.2, 0) is 19.2 Å². The third-order valence-corrected chi connectivity index (χ3v) is 4.82. The summed E-state index contributed by atoms with van der Waals surface area (Å²) in [5, 5.41) is 4.83. The minimum Gasteiger partial charge on any atom is -0.352 e. The van der Waals surface area contributed by atoms with E-state index in [0.717, 1.165) is 18.2 Å². The van der Waals surface area contributed by atoms with Gasteiger partial charge >= 0.3 is 10.3 Å². The molecule has 4 rings (SSSR count). The molecule has 0 spiro atoms. The number of halogens is 2. The standard InChI is InChI=1S/C18H15F2N5O4S/c19-12-5-11(6-13(20)7-12)1-3-15-17-18(23-9-22-15)25(10-24-17)16-4-2-14(29-16)8-28-30(21,26)27/h5-7,9-10,14,16H,2,4,8H2,(H2,21,26,27)/t14-,16+/m0/s1. The molecule has 1 aliphatic rings. The zero-order valence-corrected chi connectivity index (χ0v) is 16.1. The van der Waals surface area contributed by atoms with Gasteiger partial charge in [-0.2, -0.15) is 8.42 Å². The largest absolute Gasteiger partial charge is 0.352 e. The molecule has 3 heterocycles. The number of nitrogens with two attached hydrogens (primary N) is 1. The Hall–Kier alpha value is -2.98. The lowest BCUT2D eigenvalue weighted by molar-refractivity contribution is -0.0149. The monoisotopic (exact) mass is 435 g/mol. The Bertz CT molecular complexity index is 1250. The third-order valence-electron chi connectivity index (χ3n) is 4.36. The molecule has 0 amide bonds. The predicted octanol–water partition coefficient (Wildman–Crippen LogP) is 1.40. The second-order valence-electron chi connectivity index (χ2n) is 6.52. The Kier molecular flexibility index (Phi) is 5.44. The van der Waals surface area contributed by atoms with Gasteiger partial charge < -0.3 is 4.74 Å². The van der Waals surface area contributed by atoms with E-state index >= 15 is 0 Å². The summed E-state index contributed by atoms with van der Waals surface area (Å²) in [6.45, 7) is -0.183. The van der Waals surface area contributed by atoms with Crippen LogP contribution < -0.4 is 5.14 Å². The van der Waals surface area contributed by atoms with Crippen LogP contribution >= 0.6 is 0 Å². The van der Waals surface area contributed by atoms with Crippen LogP contribution in [0.15, 0.2) is 30.9 Å². The number of imidazole rings is 1. The number of ether oxygens (including phenoxy) is 1. The van der Waals surface area contributed by atoms with E-state index in [4.69, 9.17) is 9.88 Å². The zero-order chi connectivity index (χ0) is 21.3. The van der Waals surface area contributed by atoms with Crippen molar-refractivity contribution in [1.29, 1.82) is 0 Å². The molecule has 1 saturated heterocycles. The molecular formula is C18H15F2N5O4S. The number of aromatic nitrogens is 4. The van der Waals surface area contributed by atoms with Crippen molar-refractivity contribution < 1.29 is 26.1 Å². The first kappa shape index (κ1) is 20.3. The van der Waals surface area contributed by atoms with Crippen LogP contribution in [0.1, 0.15) is 30.3 Å². The maximum atomic E-state index is 13.3. The molecule has 1 aliphatic heterocycles. The van der Waals surface area contributed by atoms with E-state index in [9.17, 15) is 17.2 Å². The maximum Gasteiger partial charge on any atom is 0.333 e. The molecule has 1 fully saturated rings. The van der Waals surface area contributed by atoms with Crippen LogP contribution in [0.3, 0.4) is 0 Å². The van der Waals surface area contributed by atoms with Crippen molar-refractivity contribution in [2.45, 2.75) is 25.2 Å². The Balaban J connectivity index is 1.57. The second-order valence-corrected chi connectivity index (χ2v) is 7.74.